The molecule has 4 rings (SSSR count). The van der Waals surface area contributed by atoms with Crippen LogP contribution in [0.5, 0.6) is 0 Å². The van der Waals surface area contributed by atoms with E-state index in [1.807, 2.05) is 0 Å². The minimum Gasteiger partial charge on any atom is -0.338 e. The van der Waals surface area contributed by atoms with Crippen LogP contribution in [0, 0.1) is 11.8 Å². The summed E-state index contributed by atoms with van der Waals surface area (Å²) < 4.78 is 0. The zero-order valence-electron chi connectivity index (χ0n) is 16.2. The number of hydrogen-bond acceptors (Lipinski definition) is 4. The van der Waals surface area contributed by atoms with Gasteiger partial charge in [-0.3, -0.25) is 24.1 Å². The lowest BCUT2D eigenvalue weighted by Gasteiger charge is -2.35. The highest BCUT2D eigenvalue weighted by atomic mass is 35.5. The molecule has 1 saturated carbocycles. The van der Waals surface area contributed by atoms with Crippen molar-refractivity contribution in [2.24, 2.45) is 11.8 Å². The van der Waals surface area contributed by atoms with Gasteiger partial charge in [0, 0.05) is 36.8 Å². The molecule has 0 bridgehead atoms. The van der Waals surface area contributed by atoms with Crippen LogP contribution in [0.25, 0.3) is 0 Å². The summed E-state index contributed by atoms with van der Waals surface area (Å²) in [6.07, 6.45) is 3.41. The fourth-order valence-corrected chi connectivity index (χ4v) is 4.68. The summed E-state index contributed by atoms with van der Waals surface area (Å²) in [7, 11) is 0. The van der Waals surface area contributed by atoms with Crippen molar-refractivity contribution in [1.29, 1.82) is 0 Å². The molecule has 8 heteroatoms. The van der Waals surface area contributed by atoms with Gasteiger partial charge in [-0.15, -0.1) is 0 Å². The maximum absolute atomic E-state index is 12.7. The summed E-state index contributed by atoms with van der Waals surface area (Å²) in [4.78, 5) is 54.9. The largest absolute Gasteiger partial charge is 0.338 e. The van der Waals surface area contributed by atoms with E-state index in [-0.39, 0.29) is 42.0 Å². The summed E-state index contributed by atoms with van der Waals surface area (Å²) in [5.74, 6) is -1.18. The summed E-state index contributed by atoms with van der Waals surface area (Å²) in [6, 6.07) is 6.73. The van der Waals surface area contributed by atoms with Gasteiger partial charge < -0.3 is 9.80 Å². The number of rotatable bonds is 3. The Kier molecular flexibility index (Phi) is 5.58. The van der Waals surface area contributed by atoms with Crippen molar-refractivity contribution in [3.05, 3.63) is 34.9 Å². The Bertz CT molecular complexity index is 809. The van der Waals surface area contributed by atoms with E-state index in [1.165, 1.54) is 0 Å². The number of hydrogen-bond donors (Lipinski definition) is 0. The Morgan fingerprint density at radius 1 is 0.862 bits per heavy atom. The molecule has 29 heavy (non-hydrogen) atoms. The van der Waals surface area contributed by atoms with Gasteiger partial charge in [-0.25, -0.2) is 0 Å². The number of carbonyl (C=O) groups excluding carboxylic acids is 4. The number of fused-ring (bicyclic) bond motifs is 1. The molecule has 2 saturated heterocycles. The summed E-state index contributed by atoms with van der Waals surface area (Å²) >= 11 is 5.87. The zero-order valence-corrected chi connectivity index (χ0v) is 16.9. The van der Waals surface area contributed by atoms with Gasteiger partial charge in [-0.1, -0.05) is 24.4 Å². The highest BCUT2D eigenvalue weighted by Crippen LogP contribution is 2.37. The molecule has 4 amide bonds. The average molecular weight is 418 g/mol. The third-order valence-corrected chi connectivity index (χ3v) is 6.49. The summed E-state index contributed by atoms with van der Waals surface area (Å²) in [6.45, 7) is 1.43. The van der Waals surface area contributed by atoms with Gasteiger partial charge in [0.15, 0.2) is 0 Å². The van der Waals surface area contributed by atoms with Crippen molar-refractivity contribution in [3.8, 4) is 0 Å². The van der Waals surface area contributed by atoms with E-state index in [2.05, 4.69) is 0 Å². The highest BCUT2D eigenvalue weighted by molar-refractivity contribution is 6.30. The third kappa shape index (κ3) is 3.88. The molecule has 3 fully saturated rings. The molecular formula is C21H24ClN3O4. The first-order valence-corrected chi connectivity index (χ1v) is 10.5. The fourth-order valence-electron chi connectivity index (χ4n) is 4.56. The van der Waals surface area contributed by atoms with Crippen molar-refractivity contribution in [1.82, 2.24) is 14.7 Å². The molecule has 2 atom stereocenters. The molecular weight excluding hydrogens is 394 g/mol. The number of benzene rings is 1. The Morgan fingerprint density at radius 3 is 1.93 bits per heavy atom. The number of nitrogens with zero attached hydrogens (tertiary/aromatic N) is 3. The molecule has 3 aliphatic rings. The van der Waals surface area contributed by atoms with Crippen LogP contribution in [0.1, 0.15) is 36.0 Å². The molecule has 1 aromatic carbocycles. The molecule has 0 N–H and O–H groups in total. The highest BCUT2D eigenvalue weighted by Gasteiger charge is 2.48. The Morgan fingerprint density at radius 2 is 1.38 bits per heavy atom. The number of imide groups is 1. The van der Waals surface area contributed by atoms with Crippen molar-refractivity contribution < 1.29 is 19.2 Å². The molecule has 2 heterocycles. The first-order chi connectivity index (χ1) is 14.0. The number of piperazine rings is 1. The van der Waals surface area contributed by atoms with Crippen LogP contribution in [0.3, 0.4) is 0 Å². The average Bonchev–Trinajstić information content (AvgIpc) is 2.99. The van der Waals surface area contributed by atoms with Crippen molar-refractivity contribution in [2.75, 3.05) is 32.7 Å². The standard InChI is InChI=1S/C21H24ClN3O4/c22-15-7-5-14(6-8-15)19(27)24-11-9-23(10-12-24)18(26)13-25-20(28)16-3-1-2-4-17(16)21(25)29/h5-8,16-17H,1-4,9-13H2/t16-,17-/m1/s1. The minimum atomic E-state index is -0.238. The van der Waals surface area contributed by atoms with Gasteiger partial charge in [0.2, 0.25) is 17.7 Å². The summed E-state index contributed by atoms with van der Waals surface area (Å²) in [5.41, 5.74) is 0.560. The quantitative estimate of drug-likeness (QED) is 0.702. The number of carbonyl (C=O) groups is 4. The van der Waals surface area contributed by atoms with E-state index in [0.29, 0.717) is 36.8 Å². The Balaban J connectivity index is 1.32. The van der Waals surface area contributed by atoms with Gasteiger partial charge in [0.25, 0.3) is 5.91 Å². The number of likely N-dealkylation sites (tertiary alicyclic amines) is 1. The van der Waals surface area contributed by atoms with Gasteiger partial charge in [-0.2, -0.15) is 0 Å². The van der Waals surface area contributed by atoms with Crippen LogP contribution >= 0.6 is 11.6 Å². The second kappa shape index (κ2) is 8.14. The molecule has 0 spiro atoms. The molecule has 1 aromatic rings. The lowest BCUT2D eigenvalue weighted by molar-refractivity contribution is -0.147. The van der Waals surface area contributed by atoms with Gasteiger partial charge in [-0.05, 0) is 37.1 Å². The maximum Gasteiger partial charge on any atom is 0.253 e. The predicted molar refractivity (Wildman–Crippen MR) is 106 cm³/mol. The second-order valence-corrected chi connectivity index (χ2v) is 8.38. The van der Waals surface area contributed by atoms with E-state index >= 15 is 0 Å². The van der Waals surface area contributed by atoms with Crippen LogP contribution in [0.4, 0.5) is 0 Å². The molecule has 7 nitrogen and oxygen atoms in total. The normalized spacial score (nSPS) is 24.7. The van der Waals surface area contributed by atoms with Gasteiger partial charge in [0.1, 0.15) is 6.54 Å². The number of halogens is 1. The Hall–Kier alpha value is -2.41. The van der Waals surface area contributed by atoms with Crippen LogP contribution in [0.15, 0.2) is 24.3 Å². The summed E-state index contributed by atoms with van der Waals surface area (Å²) in [5, 5.41) is 0.572. The number of amides is 4. The van der Waals surface area contributed by atoms with Gasteiger partial charge in [0.05, 0.1) is 11.8 Å². The molecule has 2 aliphatic heterocycles. The Labute approximate surface area is 174 Å². The van der Waals surface area contributed by atoms with E-state index in [1.54, 1.807) is 34.1 Å². The topological polar surface area (TPSA) is 78.0 Å². The van der Waals surface area contributed by atoms with Crippen molar-refractivity contribution >= 4 is 35.2 Å². The van der Waals surface area contributed by atoms with E-state index in [9.17, 15) is 19.2 Å². The van der Waals surface area contributed by atoms with Crippen molar-refractivity contribution in [2.45, 2.75) is 25.7 Å². The first kappa shape index (κ1) is 19.9. The zero-order chi connectivity index (χ0) is 20.5. The lowest BCUT2D eigenvalue weighted by Crippen LogP contribution is -2.53. The van der Waals surface area contributed by atoms with Crippen LogP contribution in [0.2, 0.25) is 5.02 Å². The first-order valence-electron chi connectivity index (χ1n) is 10.1. The molecule has 1 aliphatic carbocycles. The van der Waals surface area contributed by atoms with Crippen LogP contribution in [-0.2, 0) is 14.4 Å². The minimum absolute atomic E-state index is 0.0947. The van der Waals surface area contributed by atoms with Crippen LogP contribution in [-0.4, -0.2) is 71.1 Å². The molecule has 0 unspecified atom stereocenters. The van der Waals surface area contributed by atoms with E-state index < -0.39 is 0 Å². The molecule has 0 radical (unpaired) electrons. The smallest absolute Gasteiger partial charge is 0.253 e. The van der Waals surface area contributed by atoms with E-state index in [4.69, 9.17) is 11.6 Å². The van der Waals surface area contributed by atoms with Crippen LogP contribution < -0.4 is 0 Å². The molecule has 154 valence electrons. The molecule has 0 aromatic heterocycles. The SMILES string of the molecule is O=C(CN1C(=O)[C@@H]2CCCC[C@H]2C1=O)N1CCN(C(=O)c2ccc(Cl)cc2)CC1. The maximum atomic E-state index is 12.7. The van der Waals surface area contributed by atoms with E-state index in [0.717, 1.165) is 30.6 Å². The lowest BCUT2D eigenvalue weighted by atomic mass is 9.81. The van der Waals surface area contributed by atoms with Gasteiger partial charge >= 0.3 is 0 Å². The third-order valence-electron chi connectivity index (χ3n) is 6.24. The van der Waals surface area contributed by atoms with Crippen molar-refractivity contribution in [3.63, 3.8) is 0 Å². The predicted octanol–water partition coefficient (Wildman–Crippen LogP) is 1.80. The second-order valence-electron chi connectivity index (χ2n) is 7.94. The fraction of sp³-hybridized carbons (Fsp3) is 0.524. The monoisotopic (exact) mass is 417 g/mol.